The van der Waals surface area contributed by atoms with E-state index in [2.05, 4.69) is 20.9 Å². The van der Waals surface area contributed by atoms with Crippen LogP contribution in [0, 0.1) is 5.82 Å². The number of rotatable bonds is 1. The fraction of sp³-hybridized carbons (Fsp3) is 0.444. The summed E-state index contributed by atoms with van der Waals surface area (Å²) in [7, 11) is 0. The van der Waals surface area contributed by atoms with Gasteiger partial charge in [0.05, 0.1) is 0 Å². The molecule has 0 aliphatic heterocycles. The molecule has 1 saturated carbocycles. The van der Waals surface area contributed by atoms with Gasteiger partial charge in [-0.15, -0.1) is 0 Å². The van der Waals surface area contributed by atoms with Crippen LogP contribution in [0.3, 0.4) is 0 Å². The summed E-state index contributed by atoms with van der Waals surface area (Å²) < 4.78 is 13.8. The predicted octanol–water partition coefficient (Wildman–Crippen LogP) is 2.35. The van der Waals surface area contributed by atoms with E-state index in [0.29, 0.717) is 17.4 Å². The van der Waals surface area contributed by atoms with Gasteiger partial charge in [0.15, 0.2) is 0 Å². The van der Waals surface area contributed by atoms with Gasteiger partial charge in [0.1, 0.15) is 21.7 Å². The van der Waals surface area contributed by atoms with Crippen LogP contribution in [0.1, 0.15) is 25.0 Å². The van der Waals surface area contributed by atoms with E-state index in [1.165, 1.54) is 12.1 Å². The fourth-order valence-electron chi connectivity index (χ4n) is 1.49. The van der Waals surface area contributed by atoms with Crippen LogP contribution >= 0.6 is 15.9 Å². The van der Waals surface area contributed by atoms with Gasteiger partial charge in [-0.3, -0.25) is 0 Å². The van der Waals surface area contributed by atoms with E-state index in [-0.39, 0.29) is 5.69 Å². The van der Waals surface area contributed by atoms with E-state index in [9.17, 15) is 9.50 Å². The quantitative estimate of drug-likeness (QED) is 0.771. The second-order valence-electron chi connectivity index (χ2n) is 3.35. The second-order valence-corrected chi connectivity index (χ2v) is 4.16. The molecule has 0 aromatic carbocycles. The first-order valence-electron chi connectivity index (χ1n) is 4.17. The molecule has 2 rings (SSSR count). The standard InChI is InChI=1S/C9H9BrFNO/c10-7-3-2-6(11)8(12-7)9(13)4-1-5-9/h2-3,13H,1,4-5H2. The number of aliphatic hydroxyl groups is 1. The number of hydrogen-bond donors (Lipinski definition) is 1. The van der Waals surface area contributed by atoms with Crippen LogP contribution in [0.15, 0.2) is 16.7 Å². The minimum absolute atomic E-state index is 0.174. The largest absolute Gasteiger partial charge is 0.383 e. The van der Waals surface area contributed by atoms with Crippen LogP contribution in [0.5, 0.6) is 0 Å². The summed E-state index contributed by atoms with van der Waals surface area (Å²) in [6, 6.07) is 2.85. The highest BCUT2D eigenvalue weighted by Crippen LogP contribution is 2.41. The molecule has 70 valence electrons. The average molecular weight is 246 g/mol. The molecule has 13 heavy (non-hydrogen) atoms. The van der Waals surface area contributed by atoms with Crippen molar-refractivity contribution in [1.82, 2.24) is 4.98 Å². The van der Waals surface area contributed by atoms with E-state index < -0.39 is 11.4 Å². The number of nitrogens with zero attached hydrogens (tertiary/aromatic N) is 1. The van der Waals surface area contributed by atoms with Crippen LogP contribution < -0.4 is 0 Å². The van der Waals surface area contributed by atoms with E-state index in [1.807, 2.05) is 0 Å². The van der Waals surface area contributed by atoms with Crippen molar-refractivity contribution in [3.63, 3.8) is 0 Å². The van der Waals surface area contributed by atoms with Gasteiger partial charge < -0.3 is 5.11 Å². The smallest absolute Gasteiger partial charge is 0.147 e. The van der Waals surface area contributed by atoms with Crippen LogP contribution in [0.25, 0.3) is 0 Å². The Kier molecular flexibility index (Phi) is 2.12. The van der Waals surface area contributed by atoms with Gasteiger partial charge in [0, 0.05) is 0 Å². The topological polar surface area (TPSA) is 33.1 Å². The molecular formula is C9H9BrFNO. The molecule has 2 nitrogen and oxygen atoms in total. The Hall–Kier alpha value is -0.480. The minimum Gasteiger partial charge on any atom is -0.383 e. The summed E-state index contributed by atoms with van der Waals surface area (Å²) in [4.78, 5) is 3.96. The molecule has 0 unspecified atom stereocenters. The van der Waals surface area contributed by atoms with Crippen molar-refractivity contribution in [2.75, 3.05) is 0 Å². The Morgan fingerprint density at radius 1 is 1.46 bits per heavy atom. The highest BCUT2D eigenvalue weighted by Gasteiger charge is 2.39. The van der Waals surface area contributed by atoms with Gasteiger partial charge >= 0.3 is 0 Å². The van der Waals surface area contributed by atoms with Crippen molar-refractivity contribution in [2.24, 2.45) is 0 Å². The average Bonchev–Trinajstić information content (AvgIpc) is 2.05. The summed E-state index contributed by atoms with van der Waals surface area (Å²) >= 11 is 3.15. The molecule has 0 spiro atoms. The molecular weight excluding hydrogens is 237 g/mol. The normalized spacial score (nSPS) is 19.6. The highest BCUT2D eigenvalue weighted by molar-refractivity contribution is 9.10. The maximum Gasteiger partial charge on any atom is 0.147 e. The first kappa shape index (κ1) is 9.09. The lowest BCUT2D eigenvalue weighted by Crippen LogP contribution is -2.35. The molecule has 1 aliphatic carbocycles. The lowest BCUT2D eigenvalue weighted by molar-refractivity contribution is -0.0458. The molecule has 1 aromatic rings. The van der Waals surface area contributed by atoms with Crippen molar-refractivity contribution in [2.45, 2.75) is 24.9 Å². The zero-order chi connectivity index (χ0) is 9.47. The van der Waals surface area contributed by atoms with Gasteiger partial charge in [-0.05, 0) is 47.3 Å². The predicted molar refractivity (Wildman–Crippen MR) is 49.6 cm³/mol. The molecule has 0 bridgehead atoms. The Labute approximate surface area is 83.9 Å². The number of halogens is 2. The molecule has 1 fully saturated rings. The van der Waals surface area contributed by atoms with Crippen LogP contribution in [0.2, 0.25) is 0 Å². The van der Waals surface area contributed by atoms with Crippen molar-refractivity contribution < 1.29 is 9.50 Å². The molecule has 1 aliphatic rings. The Balaban J connectivity index is 2.43. The van der Waals surface area contributed by atoms with Crippen molar-refractivity contribution in [3.05, 3.63) is 28.2 Å². The molecule has 0 amide bonds. The summed E-state index contributed by atoms with van der Waals surface area (Å²) in [5.41, 5.74) is -0.846. The Morgan fingerprint density at radius 2 is 2.15 bits per heavy atom. The third kappa shape index (κ3) is 1.48. The maximum absolute atomic E-state index is 13.2. The minimum atomic E-state index is -1.02. The number of pyridine rings is 1. The molecule has 0 atom stereocenters. The molecule has 0 saturated heterocycles. The van der Waals surface area contributed by atoms with E-state index in [0.717, 1.165) is 6.42 Å². The lowest BCUT2D eigenvalue weighted by atomic mass is 9.77. The zero-order valence-corrected chi connectivity index (χ0v) is 8.51. The highest BCUT2D eigenvalue weighted by atomic mass is 79.9. The van der Waals surface area contributed by atoms with Crippen LogP contribution in [0.4, 0.5) is 4.39 Å². The third-order valence-corrected chi connectivity index (χ3v) is 2.88. The molecule has 1 aromatic heterocycles. The summed E-state index contributed by atoms with van der Waals surface area (Å²) in [6.45, 7) is 0. The number of aromatic nitrogens is 1. The fourth-order valence-corrected chi connectivity index (χ4v) is 1.80. The number of hydrogen-bond acceptors (Lipinski definition) is 2. The van der Waals surface area contributed by atoms with Crippen LogP contribution in [-0.2, 0) is 5.60 Å². The van der Waals surface area contributed by atoms with Crippen molar-refractivity contribution in [3.8, 4) is 0 Å². The Bertz CT molecular complexity index is 338. The Morgan fingerprint density at radius 3 is 2.69 bits per heavy atom. The van der Waals surface area contributed by atoms with Crippen molar-refractivity contribution >= 4 is 15.9 Å². The summed E-state index contributed by atoms with van der Waals surface area (Å²) in [6.07, 6.45) is 2.14. The second kappa shape index (κ2) is 3.03. The maximum atomic E-state index is 13.2. The third-order valence-electron chi connectivity index (χ3n) is 2.43. The SMILES string of the molecule is OC1(c2nc(Br)ccc2F)CCC1. The van der Waals surface area contributed by atoms with Gasteiger partial charge in [-0.25, -0.2) is 9.37 Å². The monoisotopic (exact) mass is 245 g/mol. The first-order valence-corrected chi connectivity index (χ1v) is 4.96. The molecule has 0 radical (unpaired) electrons. The first-order chi connectivity index (χ1) is 6.12. The van der Waals surface area contributed by atoms with Crippen molar-refractivity contribution in [1.29, 1.82) is 0 Å². The van der Waals surface area contributed by atoms with E-state index in [4.69, 9.17) is 0 Å². The van der Waals surface area contributed by atoms with E-state index >= 15 is 0 Å². The van der Waals surface area contributed by atoms with E-state index in [1.54, 1.807) is 0 Å². The van der Waals surface area contributed by atoms with Gasteiger partial charge in [-0.2, -0.15) is 0 Å². The molecule has 1 N–H and O–H groups in total. The van der Waals surface area contributed by atoms with Gasteiger partial charge in [0.2, 0.25) is 0 Å². The van der Waals surface area contributed by atoms with Crippen LogP contribution in [-0.4, -0.2) is 10.1 Å². The van der Waals surface area contributed by atoms with Gasteiger partial charge in [0.25, 0.3) is 0 Å². The molecule has 4 heteroatoms. The summed E-state index contributed by atoms with van der Waals surface area (Å²) in [5, 5.41) is 9.86. The summed E-state index contributed by atoms with van der Waals surface area (Å²) in [5.74, 6) is -0.426. The lowest BCUT2D eigenvalue weighted by Gasteiger charge is -2.36. The zero-order valence-electron chi connectivity index (χ0n) is 6.93. The molecule has 1 heterocycles. The van der Waals surface area contributed by atoms with Gasteiger partial charge in [-0.1, -0.05) is 0 Å².